The van der Waals surface area contributed by atoms with Crippen LogP contribution in [0.5, 0.6) is 0 Å². The molecule has 76 valence electrons. The van der Waals surface area contributed by atoms with Crippen molar-refractivity contribution in [2.75, 3.05) is 25.0 Å². The summed E-state index contributed by atoms with van der Waals surface area (Å²) in [6.45, 7) is 5.23. The summed E-state index contributed by atoms with van der Waals surface area (Å²) in [5.41, 5.74) is 0.971. The van der Waals surface area contributed by atoms with Gasteiger partial charge in [0.1, 0.15) is 5.82 Å². The third kappa shape index (κ3) is 2.20. The van der Waals surface area contributed by atoms with Crippen molar-refractivity contribution < 1.29 is 0 Å². The van der Waals surface area contributed by atoms with Crippen molar-refractivity contribution in [3.8, 4) is 0 Å². The molecule has 14 heavy (non-hydrogen) atoms. The van der Waals surface area contributed by atoms with Gasteiger partial charge in [-0.1, -0.05) is 0 Å². The summed E-state index contributed by atoms with van der Waals surface area (Å²) in [5.74, 6) is 1.65. The van der Waals surface area contributed by atoms with E-state index in [1.165, 1.54) is 6.42 Å². The molecule has 0 saturated carbocycles. The first-order valence-electron chi connectivity index (χ1n) is 5.08. The maximum absolute atomic E-state index is 4.25. The van der Waals surface area contributed by atoms with Crippen LogP contribution in [0.4, 0.5) is 5.82 Å². The zero-order valence-electron chi connectivity index (χ0n) is 8.45. The minimum atomic E-state index is 0.733. The summed E-state index contributed by atoms with van der Waals surface area (Å²) in [4.78, 5) is 8.43. The fraction of sp³-hybridized carbons (Fsp3) is 0.600. The van der Waals surface area contributed by atoms with Gasteiger partial charge in [0.25, 0.3) is 0 Å². The normalized spacial score (nSPS) is 21.1. The molecule has 0 radical (unpaired) electrons. The maximum Gasteiger partial charge on any atom is 0.147 e. The van der Waals surface area contributed by atoms with Crippen molar-refractivity contribution in [2.24, 2.45) is 5.92 Å². The Morgan fingerprint density at radius 1 is 1.50 bits per heavy atom. The molecule has 2 N–H and O–H groups in total. The number of nitrogens with zero attached hydrogens (tertiary/aromatic N) is 2. The molecule has 1 saturated heterocycles. The maximum atomic E-state index is 4.25. The van der Waals surface area contributed by atoms with Gasteiger partial charge in [0, 0.05) is 18.9 Å². The van der Waals surface area contributed by atoms with E-state index in [0.29, 0.717) is 0 Å². The third-order valence-electron chi connectivity index (χ3n) is 2.60. The first kappa shape index (κ1) is 9.40. The number of rotatable bonds is 3. The third-order valence-corrected chi connectivity index (χ3v) is 2.60. The lowest BCUT2D eigenvalue weighted by atomic mass is 10.1. The summed E-state index contributed by atoms with van der Waals surface area (Å²) in [7, 11) is 0. The molecule has 0 aromatic carbocycles. The highest BCUT2D eigenvalue weighted by Crippen LogP contribution is 2.11. The van der Waals surface area contributed by atoms with Gasteiger partial charge in [-0.3, -0.25) is 4.98 Å². The number of aryl methyl sites for hydroxylation is 1. The van der Waals surface area contributed by atoms with Crippen molar-refractivity contribution >= 4 is 5.82 Å². The van der Waals surface area contributed by atoms with E-state index >= 15 is 0 Å². The molecule has 0 aliphatic carbocycles. The summed E-state index contributed by atoms with van der Waals surface area (Å²) in [6.07, 6.45) is 4.70. The molecule has 4 nitrogen and oxygen atoms in total. The first-order valence-corrected chi connectivity index (χ1v) is 5.08. The Balaban J connectivity index is 1.88. The molecule has 1 aliphatic rings. The minimum Gasteiger partial charge on any atom is -0.368 e. The van der Waals surface area contributed by atoms with E-state index in [2.05, 4.69) is 20.6 Å². The van der Waals surface area contributed by atoms with E-state index in [4.69, 9.17) is 0 Å². The number of aromatic nitrogens is 2. The van der Waals surface area contributed by atoms with Crippen LogP contribution in [0.25, 0.3) is 0 Å². The van der Waals surface area contributed by atoms with Crippen molar-refractivity contribution in [3.05, 3.63) is 18.1 Å². The number of hydrogen-bond donors (Lipinski definition) is 2. The zero-order valence-corrected chi connectivity index (χ0v) is 8.45. The molecule has 1 fully saturated rings. The van der Waals surface area contributed by atoms with Crippen LogP contribution in [0.2, 0.25) is 0 Å². The van der Waals surface area contributed by atoms with Crippen molar-refractivity contribution in [2.45, 2.75) is 13.3 Å². The van der Waals surface area contributed by atoms with Crippen LogP contribution in [-0.2, 0) is 0 Å². The van der Waals surface area contributed by atoms with Crippen LogP contribution in [0.3, 0.4) is 0 Å². The summed E-state index contributed by atoms with van der Waals surface area (Å²) in [5, 5.41) is 6.69. The van der Waals surface area contributed by atoms with Crippen LogP contribution >= 0.6 is 0 Å². The van der Waals surface area contributed by atoms with Gasteiger partial charge in [-0.15, -0.1) is 0 Å². The predicted octanol–water partition coefficient (Wildman–Crippen LogP) is 0.806. The smallest absolute Gasteiger partial charge is 0.147 e. The van der Waals surface area contributed by atoms with Crippen LogP contribution < -0.4 is 10.6 Å². The predicted molar refractivity (Wildman–Crippen MR) is 56.2 cm³/mol. The van der Waals surface area contributed by atoms with E-state index in [0.717, 1.165) is 37.1 Å². The first-order chi connectivity index (χ1) is 6.86. The molecular formula is C10H16N4. The molecule has 0 unspecified atom stereocenters. The van der Waals surface area contributed by atoms with Gasteiger partial charge in [0.15, 0.2) is 0 Å². The number of anilines is 1. The second kappa shape index (κ2) is 4.37. The molecule has 2 rings (SSSR count). The van der Waals surface area contributed by atoms with Crippen molar-refractivity contribution in [1.29, 1.82) is 0 Å². The Bertz CT molecular complexity index is 294. The number of hydrogen-bond acceptors (Lipinski definition) is 4. The van der Waals surface area contributed by atoms with Crippen LogP contribution in [-0.4, -0.2) is 29.6 Å². The van der Waals surface area contributed by atoms with E-state index in [1.807, 2.05) is 6.92 Å². The molecule has 0 amide bonds. The van der Waals surface area contributed by atoms with E-state index < -0.39 is 0 Å². The standard InChI is InChI=1S/C10H16N4/c1-8-10(13-5-4-12-8)14-7-9-2-3-11-6-9/h4-5,9,11H,2-3,6-7H2,1H3,(H,13,14)/t9-/m0/s1. The Hall–Kier alpha value is -1.16. The lowest BCUT2D eigenvalue weighted by Gasteiger charge is -2.11. The molecular weight excluding hydrogens is 176 g/mol. The minimum absolute atomic E-state index is 0.733. The highest BCUT2D eigenvalue weighted by atomic mass is 15.0. The fourth-order valence-corrected chi connectivity index (χ4v) is 1.71. The average Bonchev–Trinajstić information content (AvgIpc) is 2.69. The molecule has 1 atom stereocenters. The van der Waals surface area contributed by atoms with E-state index in [-0.39, 0.29) is 0 Å². The van der Waals surface area contributed by atoms with Gasteiger partial charge in [0.05, 0.1) is 5.69 Å². The van der Waals surface area contributed by atoms with Gasteiger partial charge in [0.2, 0.25) is 0 Å². The molecule has 1 aromatic heterocycles. The van der Waals surface area contributed by atoms with Crippen LogP contribution in [0.15, 0.2) is 12.4 Å². The zero-order chi connectivity index (χ0) is 9.80. The Kier molecular flexibility index (Phi) is 2.93. The Labute approximate surface area is 84.2 Å². The topological polar surface area (TPSA) is 49.8 Å². The van der Waals surface area contributed by atoms with E-state index in [1.54, 1.807) is 12.4 Å². The molecule has 1 aliphatic heterocycles. The average molecular weight is 192 g/mol. The molecule has 2 heterocycles. The number of nitrogens with one attached hydrogen (secondary N) is 2. The fourth-order valence-electron chi connectivity index (χ4n) is 1.71. The SMILES string of the molecule is Cc1nccnc1NC[C@H]1CCNC1. The van der Waals surface area contributed by atoms with Crippen molar-refractivity contribution in [1.82, 2.24) is 15.3 Å². The molecule has 0 spiro atoms. The second-order valence-corrected chi connectivity index (χ2v) is 3.73. The molecule has 4 heteroatoms. The van der Waals surface area contributed by atoms with Crippen molar-refractivity contribution in [3.63, 3.8) is 0 Å². The summed E-state index contributed by atoms with van der Waals surface area (Å²) >= 11 is 0. The summed E-state index contributed by atoms with van der Waals surface area (Å²) < 4.78 is 0. The van der Waals surface area contributed by atoms with Gasteiger partial charge in [-0.25, -0.2) is 4.98 Å². The lowest BCUT2D eigenvalue weighted by Crippen LogP contribution is -2.18. The van der Waals surface area contributed by atoms with E-state index in [9.17, 15) is 0 Å². The van der Waals surface area contributed by atoms with Gasteiger partial charge in [-0.05, 0) is 32.4 Å². The second-order valence-electron chi connectivity index (χ2n) is 3.73. The van der Waals surface area contributed by atoms with Gasteiger partial charge >= 0.3 is 0 Å². The van der Waals surface area contributed by atoms with Crippen LogP contribution in [0, 0.1) is 12.8 Å². The van der Waals surface area contributed by atoms with Crippen LogP contribution in [0.1, 0.15) is 12.1 Å². The van der Waals surface area contributed by atoms with Gasteiger partial charge < -0.3 is 10.6 Å². The Morgan fingerprint density at radius 2 is 2.36 bits per heavy atom. The summed E-state index contributed by atoms with van der Waals surface area (Å²) in [6, 6.07) is 0. The Morgan fingerprint density at radius 3 is 3.07 bits per heavy atom. The molecule has 0 bridgehead atoms. The highest BCUT2D eigenvalue weighted by Gasteiger charge is 2.14. The lowest BCUT2D eigenvalue weighted by molar-refractivity contribution is 0.613. The van der Waals surface area contributed by atoms with Gasteiger partial charge in [-0.2, -0.15) is 0 Å². The quantitative estimate of drug-likeness (QED) is 0.744. The monoisotopic (exact) mass is 192 g/mol. The highest BCUT2D eigenvalue weighted by molar-refractivity contribution is 5.38. The largest absolute Gasteiger partial charge is 0.368 e. The molecule has 1 aromatic rings.